The van der Waals surface area contributed by atoms with E-state index in [0.29, 0.717) is 16.9 Å². The SMILES string of the molecule is CC(Sc1nccc(Nc2ccc(C3CC3)c3ccccc23)n1)C(=O)O. The molecule has 1 atom stereocenters. The summed E-state index contributed by atoms with van der Waals surface area (Å²) in [6.07, 6.45) is 4.18. The summed E-state index contributed by atoms with van der Waals surface area (Å²) in [6, 6.07) is 14.5. The van der Waals surface area contributed by atoms with Gasteiger partial charge in [0.2, 0.25) is 0 Å². The molecule has 6 heteroatoms. The van der Waals surface area contributed by atoms with Crippen LogP contribution in [-0.4, -0.2) is 26.3 Å². The molecule has 1 saturated carbocycles. The molecule has 0 aliphatic heterocycles. The van der Waals surface area contributed by atoms with Crippen LogP contribution in [0.2, 0.25) is 0 Å². The Balaban J connectivity index is 1.63. The van der Waals surface area contributed by atoms with Crippen molar-refractivity contribution in [2.45, 2.75) is 36.1 Å². The molecule has 26 heavy (non-hydrogen) atoms. The third kappa shape index (κ3) is 3.51. The summed E-state index contributed by atoms with van der Waals surface area (Å²) in [5.41, 5.74) is 2.41. The number of carboxylic acids is 1. The van der Waals surface area contributed by atoms with Gasteiger partial charge in [-0.25, -0.2) is 9.97 Å². The van der Waals surface area contributed by atoms with Crippen LogP contribution in [0.3, 0.4) is 0 Å². The van der Waals surface area contributed by atoms with Gasteiger partial charge in [-0.05, 0) is 48.8 Å². The van der Waals surface area contributed by atoms with Crippen molar-refractivity contribution in [3.8, 4) is 0 Å². The molecule has 4 rings (SSSR count). The van der Waals surface area contributed by atoms with Crippen LogP contribution in [0.1, 0.15) is 31.2 Å². The quantitative estimate of drug-likeness (QED) is 0.482. The van der Waals surface area contributed by atoms with E-state index in [0.717, 1.165) is 17.4 Å². The summed E-state index contributed by atoms with van der Waals surface area (Å²) in [4.78, 5) is 19.6. The second-order valence-corrected chi connectivity index (χ2v) is 7.78. The van der Waals surface area contributed by atoms with E-state index in [9.17, 15) is 4.79 Å². The first-order chi connectivity index (χ1) is 12.6. The zero-order valence-corrected chi connectivity index (χ0v) is 15.2. The smallest absolute Gasteiger partial charge is 0.316 e. The van der Waals surface area contributed by atoms with Crippen molar-refractivity contribution in [3.63, 3.8) is 0 Å². The maximum absolute atomic E-state index is 11.0. The Hall–Kier alpha value is -2.60. The predicted molar refractivity (Wildman–Crippen MR) is 104 cm³/mol. The molecule has 0 amide bonds. The van der Waals surface area contributed by atoms with E-state index >= 15 is 0 Å². The third-order valence-corrected chi connectivity index (χ3v) is 5.46. The monoisotopic (exact) mass is 365 g/mol. The second-order valence-electron chi connectivity index (χ2n) is 6.47. The van der Waals surface area contributed by atoms with Crippen LogP contribution in [0.4, 0.5) is 11.5 Å². The Bertz CT molecular complexity index is 972. The molecule has 1 aliphatic carbocycles. The minimum absolute atomic E-state index is 0.448. The van der Waals surface area contributed by atoms with Gasteiger partial charge in [0, 0.05) is 17.3 Å². The molecule has 3 aromatic rings. The first-order valence-corrected chi connectivity index (χ1v) is 9.51. The molecule has 2 N–H and O–H groups in total. The van der Waals surface area contributed by atoms with Crippen LogP contribution in [0.25, 0.3) is 10.8 Å². The van der Waals surface area contributed by atoms with Crippen LogP contribution in [0, 0.1) is 0 Å². The maximum Gasteiger partial charge on any atom is 0.316 e. The number of benzene rings is 2. The van der Waals surface area contributed by atoms with Crippen molar-refractivity contribution in [1.82, 2.24) is 9.97 Å². The fourth-order valence-corrected chi connectivity index (χ4v) is 3.69. The van der Waals surface area contributed by atoms with E-state index in [1.165, 1.54) is 29.2 Å². The number of aliphatic carboxylic acids is 1. The number of nitrogens with zero attached hydrogens (tertiary/aromatic N) is 2. The minimum Gasteiger partial charge on any atom is -0.480 e. The van der Waals surface area contributed by atoms with Gasteiger partial charge in [0.1, 0.15) is 11.1 Å². The van der Waals surface area contributed by atoms with Gasteiger partial charge in [-0.2, -0.15) is 0 Å². The van der Waals surface area contributed by atoms with Crippen LogP contribution < -0.4 is 5.32 Å². The number of fused-ring (bicyclic) bond motifs is 1. The zero-order valence-electron chi connectivity index (χ0n) is 14.3. The van der Waals surface area contributed by atoms with Crippen molar-refractivity contribution in [1.29, 1.82) is 0 Å². The fourth-order valence-electron chi connectivity index (χ4n) is 3.00. The average molecular weight is 365 g/mol. The van der Waals surface area contributed by atoms with E-state index in [2.05, 4.69) is 45.6 Å². The Morgan fingerprint density at radius 1 is 1.19 bits per heavy atom. The van der Waals surface area contributed by atoms with Crippen LogP contribution >= 0.6 is 11.8 Å². The van der Waals surface area contributed by atoms with Crippen LogP contribution in [0.15, 0.2) is 53.8 Å². The van der Waals surface area contributed by atoms with Crippen LogP contribution in [0.5, 0.6) is 0 Å². The molecule has 0 radical (unpaired) electrons. The first-order valence-electron chi connectivity index (χ1n) is 8.63. The van der Waals surface area contributed by atoms with Crippen molar-refractivity contribution < 1.29 is 9.90 Å². The molecule has 2 aromatic carbocycles. The summed E-state index contributed by atoms with van der Waals surface area (Å²) in [6.45, 7) is 1.63. The molecule has 1 aromatic heterocycles. The number of hydrogen-bond acceptors (Lipinski definition) is 5. The van der Waals surface area contributed by atoms with E-state index in [1.54, 1.807) is 19.2 Å². The van der Waals surface area contributed by atoms with Gasteiger partial charge in [0.25, 0.3) is 0 Å². The van der Waals surface area contributed by atoms with E-state index in [4.69, 9.17) is 5.11 Å². The molecule has 1 heterocycles. The zero-order chi connectivity index (χ0) is 18.1. The number of rotatable bonds is 6. The summed E-state index contributed by atoms with van der Waals surface area (Å²) in [5, 5.41) is 14.7. The Labute approximate surface area is 155 Å². The molecule has 1 fully saturated rings. The van der Waals surface area contributed by atoms with Crippen molar-refractivity contribution >= 4 is 40.0 Å². The lowest BCUT2D eigenvalue weighted by molar-refractivity contribution is -0.136. The highest BCUT2D eigenvalue weighted by atomic mass is 32.2. The average Bonchev–Trinajstić information content (AvgIpc) is 3.47. The van der Waals surface area contributed by atoms with Gasteiger partial charge in [-0.15, -0.1) is 0 Å². The summed E-state index contributed by atoms with van der Waals surface area (Å²) in [7, 11) is 0. The number of aromatic nitrogens is 2. The number of carbonyl (C=O) groups is 1. The molecule has 5 nitrogen and oxygen atoms in total. The van der Waals surface area contributed by atoms with Gasteiger partial charge in [-0.3, -0.25) is 4.79 Å². The second kappa shape index (κ2) is 6.96. The Morgan fingerprint density at radius 3 is 2.69 bits per heavy atom. The number of anilines is 2. The summed E-state index contributed by atoms with van der Waals surface area (Å²) >= 11 is 1.13. The molecule has 0 spiro atoms. The third-order valence-electron chi connectivity index (χ3n) is 4.50. The standard InChI is InChI=1S/C20H19N3O2S/c1-12(19(24)25)26-20-21-11-10-18(23-20)22-17-9-8-14(13-6-7-13)15-4-2-3-5-16(15)17/h2-5,8-13H,6-7H2,1H3,(H,24,25)(H,21,22,23). The highest BCUT2D eigenvalue weighted by Crippen LogP contribution is 2.44. The van der Waals surface area contributed by atoms with Gasteiger partial charge < -0.3 is 10.4 Å². The Morgan fingerprint density at radius 2 is 1.96 bits per heavy atom. The summed E-state index contributed by atoms with van der Waals surface area (Å²) < 4.78 is 0. The van der Waals surface area contributed by atoms with Gasteiger partial charge >= 0.3 is 5.97 Å². The fraction of sp³-hybridized carbons (Fsp3) is 0.250. The molecular formula is C20H19N3O2S. The molecule has 0 saturated heterocycles. The van der Waals surface area contributed by atoms with Crippen molar-refractivity contribution in [2.75, 3.05) is 5.32 Å². The molecule has 0 bridgehead atoms. The molecule has 132 valence electrons. The lowest BCUT2D eigenvalue weighted by atomic mass is 9.99. The lowest BCUT2D eigenvalue weighted by Crippen LogP contribution is -2.12. The van der Waals surface area contributed by atoms with Gasteiger partial charge in [-0.1, -0.05) is 42.1 Å². The number of nitrogens with one attached hydrogen (secondary N) is 1. The highest BCUT2D eigenvalue weighted by molar-refractivity contribution is 8.00. The molecule has 1 aliphatic rings. The maximum atomic E-state index is 11.0. The largest absolute Gasteiger partial charge is 0.480 e. The topological polar surface area (TPSA) is 75.1 Å². The first kappa shape index (κ1) is 16.8. The highest BCUT2D eigenvalue weighted by Gasteiger charge is 2.25. The summed E-state index contributed by atoms with van der Waals surface area (Å²) in [5.74, 6) is 0.469. The van der Waals surface area contributed by atoms with E-state index in [1.807, 2.05) is 6.07 Å². The lowest BCUT2D eigenvalue weighted by Gasteiger charge is -2.13. The molecule has 1 unspecified atom stereocenters. The van der Waals surface area contributed by atoms with Crippen molar-refractivity contribution in [2.24, 2.45) is 0 Å². The van der Waals surface area contributed by atoms with E-state index in [-0.39, 0.29) is 0 Å². The molecular weight excluding hydrogens is 346 g/mol. The normalized spacial score (nSPS) is 15.0. The minimum atomic E-state index is -0.876. The number of carboxylic acid groups (broad SMARTS) is 1. The number of hydrogen-bond donors (Lipinski definition) is 2. The van der Waals surface area contributed by atoms with Crippen molar-refractivity contribution in [3.05, 3.63) is 54.2 Å². The van der Waals surface area contributed by atoms with Gasteiger partial charge in [0.15, 0.2) is 5.16 Å². The number of thioether (sulfide) groups is 1. The van der Waals surface area contributed by atoms with E-state index < -0.39 is 11.2 Å². The van der Waals surface area contributed by atoms with Crippen LogP contribution in [-0.2, 0) is 4.79 Å². The Kier molecular flexibility index (Phi) is 4.51. The predicted octanol–water partition coefficient (Wildman–Crippen LogP) is 4.82. The van der Waals surface area contributed by atoms with Gasteiger partial charge in [0.05, 0.1) is 0 Å².